The number of hydrogen-bond donors (Lipinski definition) is 4. The molecule has 0 bridgehead atoms. The number of nitrogens with two attached hydrogens (primary N) is 2. The lowest BCUT2D eigenvalue weighted by atomic mass is 10.1. The second-order valence-corrected chi connectivity index (χ2v) is 5.79. The molecule has 0 atom stereocenters. The lowest BCUT2D eigenvalue weighted by Crippen LogP contribution is -2.15. The van der Waals surface area contributed by atoms with E-state index in [4.69, 9.17) is 11.5 Å². The number of allylic oxidation sites excluding steroid dienone is 3. The summed E-state index contributed by atoms with van der Waals surface area (Å²) < 4.78 is 0. The Morgan fingerprint density at radius 1 is 1.12 bits per heavy atom. The smallest absolute Gasteiger partial charge is 0.255 e. The van der Waals surface area contributed by atoms with Crippen LogP contribution in [0.3, 0.4) is 0 Å². The number of para-hydroxylation sites is 2. The summed E-state index contributed by atoms with van der Waals surface area (Å²) in [5.41, 5.74) is 15.2. The van der Waals surface area contributed by atoms with Crippen LogP contribution in [0.15, 0.2) is 66.8 Å². The number of carbonyl (C=O) groups is 1. The molecule has 2 rings (SSSR count). The van der Waals surface area contributed by atoms with Crippen LogP contribution in [0.4, 0.5) is 17.1 Å². The molecule has 0 spiro atoms. The number of anilines is 3. The number of hydrogen-bond acceptors (Lipinski definition) is 4. The number of rotatable bonds is 8. The highest BCUT2D eigenvalue weighted by atomic mass is 16.1. The Hall–Kier alpha value is -3.05. The third kappa shape index (κ3) is 5.50. The molecule has 5 heteroatoms. The van der Waals surface area contributed by atoms with Crippen LogP contribution < -0.4 is 22.1 Å². The maximum absolute atomic E-state index is 12.5. The van der Waals surface area contributed by atoms with Crippen molar-refractivity contribution in [2.45, 2.75) is 19.9 Å². The quantitative estimate of drug-likeness (QED) is 0.330. The SMILES string of the molecule is C/C=C\C=C/CCNc1ccc(C(=O)Nc2ccccc2N)cc1CN. The van der Waals surface area contributed by atoms with E-state index in [9.17, 15) is 4.79 Å². The van der Waals surface area contributed by atoms with Gasteiger partial charge in [-0.3, -0.25) is 4.79 Å². The minimum absolute atomic E-state index is 0.210. The van der Waals surface area contributed by atoms with E-state index in [1.165, 1.54) is 0 Å². The van der Waals surface area contributed by atoms with Crippen molar-refractivity contribution in [3.63, 3.8) is 0 Å². The van der Waals surface area contributed by atoms with Crippen LogP contribution in [-0.4, -0.2) is 12.5 Å². The van der Waals surface area contributed by atoms with Crippen molar-refractivity contribution in [2.24, 2.45) is 5.73 Å². The molecule has 0 radical (unpaired) electrons. The maximum Gasteiger partial charge on any atom is 0.255 e. The summed E-state index contributed by atoms with van der Waals surface area (Å²) in [6, 6.07) is 12.7. The Morgan fingerprint density at radius 3 is 2.65 bits per heavy atom. The lowest BCUT2D eigenvalue weighted by molar-refractivity contribution is 0.102. The molecule has 0 aliphatic heterocycles. The van der Waals surface area contributed by atoms with Crippen molar-refractivity contribution in [3.05, 3.63) is 77.9 Å². The lowest BCUT2D eigenvalue weighted by Gasteiger charge is -2.13. The Kier molecular flexibility index (Phi) is 7.46. The largest absolute Gasteiger partial charge is 0.397 e. The van der Waals surface area contributed by atoms with Crippen LogP contribution >= 0.6 is 0 Å². The van der Waals surface area contributed by atoms with Crippen LogP contribution in [0, 0.1) is 0 Å². The van der Waals surface area contributed by atoms with Gasteiger partial charge in [0.15, 0.2) is 0 Å². The Balaban J connectivity index is 2.03. The monoisotopic (exact) mass is 350 g/mol. The van der Waals surface area contributed by atoms with E-state index in [1.807, 2.05) is 49.4 Å². The summed E-state index contributed by atoms with van der Waals surface area (Å²) in [7, 11) is 0. The molecule has 136 valence electrons. The van der Waals surface area contributed by atoms with Gasteiger partial charge in [-0.25, -0.2) is 0 Å². The standard InChI is InChI=1S/C21H26N4O/c1-2-3-4-5-8-13-24-19-12-11-16(14-17(19)15-22)21(26)25-20-10-7-6-9-18(20)23/h2-7,9-12,14,24H,8,13,15,22-23H2,1H3,(H,25,26)/b3-2-,5-4-. The molecule has 0 heterocycles. The van der Waals surface area contributed by atoms with Gasteiger partial charge in [0, 0.05) is 24.3 Å². The van der Waals surface area contributed by atoms with Crippen molar-refractivity contribution < 1.29 is 4.79 Å². The van der Waals surface area contributed by atoms with E-state index in [0.29, 0.717) is 23.5 Å². The first-order valence-electron chi connectivity index (χ1n) is 8.66. The Morgan fingerprint density at radius 2 is 1.92 bits per heavy atom. The normalized spacial score (nSPS) is 11.2. The molecule has 0 saturated carbocycles. The zero-order chi connectivity index (χ0) is 18.8. The van der Waals surface area contributed by atoms with E-state index in [1.54, 1.807) is 18.2 Å². The third-order valence-corrected chi connectivity index (χ3v) is 3.86. The van der Waals surface area contributed by atoms with Gasteiger partial charge in [0.1, 0.15) is 0 Å². The average molecular weight is 350 g/mol. The highest BCUT2D eigenvalue weighted by Crippen LogP contribution is 2.21. The Bertz CT molecular complexity index is 796. The highest BCUT2D eigenvalue weighted by Gasteiger charge is 2.10. The van der Waals surface area contributed by atoms with Crippen LogP contribution in [0.25, 0.3) is 0 Å². The van der Waals surface area contributed by atoms with E-state index in [0.717, 1.165) is 24.2 Å². The summed E-state index contributed by atoms with van der Waals surface area (Å²) in [5, 5.41) is 6.19. The summed E-state index contributed by atoms with van der Waals surface area (Å²) in [6.45, 7) is 3.14. The minimum atomic E-state index is -0.210. The summed E-state index contributed by atoms with van der Waals surface area (Å²) in [5.74, 6) is -0.210. The molecule has 0 unspecified atom stereocenters. The van der Waals surface area contributed by atoms with Crippen molar-refractivity contribution >= 4 is 23.0 Å². The average Bonchev–Trinajstić information content (AvgIpc) is 2.66. The predicted octanol–water partition coefficient (Wildman–Crippen LogP) is 3.91. The molecule has 0 fully saturated rings. The molecule has 26 heavy (non-hydrogen) atoms. The number of carbonyl (C=O) groups excluding carboxylic acids is 1. The minimum Gasteiger partial charge on any atom is -0.397 e. The van der Waals surface area contributed by atoms with Gasteiger partial charge in [0.2, 0.25) is 0 Å². The molecule has 0 aromatic heterocycles. The summed E-state index contributed by atoms with van der Waals surface area (Å²) in [4.78, 5) is 12.5. The van der Waals surface area contributed by atoms with Gasteiger partial charge in [-0.2, -0.15) is 0 Å². The maximum atomic E-state index is 12.5. The van der Waals surface area contributed by atoms with E-state index in [2.05, 4.69) is 16.7 Å². The second-order valence-electron chi connectivity index (χ2n) is 5.79. The zero-order valence-electron chi connectivity index (χ0n) is 15.0. The molecule has 6 N–H and O–H groups in total. The predicted molar refractivity (Wildman–Crippen MR) is 110 cm³/mol. The van der Waals surface area contributed by atoms with Crippen LogP contribution in [-0.2, 0) is 6.54 Å². The first-order chi connectivity index (χ1) is 12.7. The van der Waals surface area contributed by atoms with Crippen LogP contribution in [0.2, 0.25) is 0 Å². The fourth-order valence-corrected chi connectivity index (χ4v) is 2.46. The van der Waals surface area contributed by atoms with Gasteiger partial charge in [0.05, 0.1) is 11.4 Å². The molecule has 0 aliphatic carbocycles. The molecular weight excluding hydrogens is 324 g/mol. The van der Waals surface area contributed by atoms with Gasteiger partial charge in [-0.15, -0.1) is 0 Å². The number of nitrogens with one attached hydrogen (secondary N) is 2. The molecule has 0 aliphatic rings. The highest BCUT2D eigenvalue weighted by molar-refractivity contribution is 6.06. The molecule has 5 nitrogen and oxygen atoms in total. The fourth-order valence-electron chi connectivity index (χ4n) is 2.46. The molecule has 0 saturated heterocycles. The molecule has 2 aromatic rings. The van der Waals surface area contributed by atoms with Gasteiger partial charge < -0.3 is 22.1 Å². The first kappa shape index (κ1) is 19.3. The van der Waals surface area contributed by atoms with Crippen LogP contribution in [0.1, 0.15) is 29.3 Å². The fraction of sp³-hybridized carbons (Fsp3) is 0.190. The van der Waals surface area contributed by atoms with Crippen LogP contribution in [0.5, 0.6) is 0 Å². The van der Waals surface area contributed by atoms with E-state index < -0.39 is 0 Å². The third-order valence-electron chi connectivity index (χ3n) is 3.86. The van der Waals surface area contributed by atoms with Gasteiger partial charge >= 0.3 is 0 Å². The number of amides is 1. The van der Waals surface area contributed by atoms with Crippen molar-refractivity contribution in [1.82, 2.24) is 0 Å². The summed E-state index contributed by atoms with van der Waals surface area (Å²) in [6.07, 6.45) is 9.01. The van der Waals surface area contributed by atoms with Gasteiger partial charge in [0.25, 0.3) is 5.91 Å². The Labute approximate surface area is 154 Å². The summed E-state index contributed by atoms with van der Waals surface area (Å²) >= 11 is 0. The number of nitrogen functional groups attached to an aromatic ring is 1. The molecule has 1 amide bonds. The van der Waals surface area contributed by atoms with Crippen molar-refractivity contribution in [1.29, 1.82) is 0 Å². The number of benzene rings is 2. The van der Waals surface area contributed by atoms with E-state index in [-0.39, 0.29) is 5.91 Å². The molecule has 2 aromatic carbocycles. The molecular formula is C21H26N4O. The second kappa shape index (κ2) is 10.1. The van der Waals surface area contributed by atoms with Crippen molar-refractivity contribution in [3.8, 4) is 0 Å². The van der Waals surface area contributed by atoms with Gasteiger partial charge in [-0.1, -0.05) is 36.4 Å². The zero-order valence-corrected chi connectivity index (χ0v) is 15.0. The van der Waals surface area contributed by atoms with Gasteiger partial charge in [-0.05, 0) is 49.2 Å². The topological polar surface area (TPSA) is 93.2 Å². The first-order valence-corrected chi connectivity index (χ1v) is 8.66. The van der Waals surface area contributed by atoms with E-state index >= 15 is 0 Å². The van der Waals surface area contributed by atoms with Crippen molar-refractivity contribution in [2.75, 3.05) is 22.9 Å².